The van der Waals surface area contributed by atoms with Crippen molar-refractivity contribution in [1.82, 2.24) is 10.2 Å². The molecule has 1 aromatic rings. The van der Waals surface area contributed by atoms with E-state index >= 15 is 0 Å². The van der Waals surface area contributed by atoms with Gasteiger partial charge in [0.15, 0.2) is 5.96 Å². The molecule has 1 unspecified atom stereocenters. The maximum atomic E-state index is 6.30. The van der Waals surface area contributed by atoms with E-state index in [0.717, 1.165) is 25.3 Å². The highest BCUT2D eigenvalue weighted by Crippen LogP contribution is 2.37. The third-order valence-corrected chi connectivity index (χ3v) is 6.98. The molecular weight excluding hydrogens is 344 g/mol. The summed E-state index contributed by atoms with van der Waals surface area (Å²) in [6.45, 7) is 3.93. The molecule has 0 spiro atoms. The molecule has 1 atom stereocenters. The van der Waals surface area contributed by atoms with E-state index in [-0.39, 0.29) is 11.6 Å². The van der Waals surface area contributed by atoms with Gasteiger partial charge in [-0.2, -0.15) is 11.8 Å². The maximum absolute atomic E-state index is 6.30. The average Bonchev–Trinajstić information content (AvgIpc) is 3.18. The number of nitrogens with one attached hydrogen (secondary N) is 1. The number of fused-ring (bicyclic) bond motifs is 1. The number of guanidine groups is 1. The first-order valence-corrected chi connectivity index (χ1v) is 11.0. The van der Waals surface area contributed by atoms with Crippen molar-refractivity contribution in [3.8, 4) is 5.75 Å². The summed E-state index contributed by atoms with van der Waals surface area (Å²) in [4.78, 5) is 7.51. The van der Waals surface area contributed by atoms with Crippen LogP contribution in [0.25, 0.3) is 0 Å². The molecule has 1 aliphatic carbocycles. The maximum Gasteiger partial charge on any atom is 0.189 e. The molecule has 142 valence electrons. The van der Waals surface area contributed by atoms with Crippen LogP contribution in [-0.2, 0) is 0 Å². The summed E-state index contributed by atoms with van der Waals surface area (Å²) in [5.74, 6) is 4.03. The lowest BCUT2D eigenvalue weighted by Crippen LogP contribution is -2.53. The van der Waals surface area contributed by atoms with Crippen molar-refractivity contribution in [1.29, 1.82) is 0 Å². The van der Waals surface area contributed by atoms with Crippen molar-refractivity contribution in [3.63, 3.8) is 0 Å². The number of rotatable bonds is 4. The second-order valence-electron chi connectivity index (χ2n) is 7.60. The number of thioether (sulfide) groups is 1. The third-order valence-electron chi connectivity index (χ3n) is 6.04. The minimum atomic E-state index is 0.189. The minimum Gasteiger partial charge on any atom is -0.493 e. The Morgan fingerprint density at radius 1 is 1.27 bits per heavy atom. The predicted molar refractivity (Wildman–Crippen MR) is 109 cm³/mol. The molecule has 3 aliphatic rings. The molecule has 5 nitrogen and oxygen atoms in total. The summed E-state index contributed by atoms with van der Waals surface area (Å²) in [6.07, 6.45) is 6.07. The number of nitrogens with two attached hydrogens (primary N) is 1. The van der Waals surface area contributed by atoms with E-state index in [0.29, 0.717) is 5.96 Å². The van der Waals surface area contributed by atoms with Gasteiger partial charge in [0.25, 0.3) is 0 Å². The minimum absolute atomic E-state index is 0.189. The summed E-state index contributed by atoms with van der Waals surface area (Å²) in [6, 6.07) is 8.40. The molecule has 1 saturated carbocycles. The van der Waals surface area contributed by atoms with Crippen LogP contribution < -0.4 is 15.8 Å². The normalized spacial score (nSPS) is 26.2. The highest BCUT2D eigenvalue weighted by atomic mass is 32.2. The summed E-state index contributed by atoms with van der Waals surface area (Å²) >= 11 is 2.07. The first-order chi connectivity index (χ1) is 12.8. The average molecular weight is 375 g/mol. The molecule has 4 rings (SSSR count). The zero-order chi connectivity index (χ0) is 17.8. The topological polar surface area (TPSA) is 62.9 Å². The Morgan fingerprint density at radius 3 is 2.85 bits per heavy atom. The van der Waals surface area contributed by atoms with Crippen molar-refractivity contribution in [3.05, 3.63) is 29.8 Å². The molecule has 6 heteroatoms. The van der Waals surface area contributed by atoms with E-state index in [1.54, 1.807) is 0 Å². The number of benzene rings is 1. The van der Waals surface area contributed by atoms with Crippen LogP contribution in [0.4, 0.5) is 0 Å². The summed E-state index contributed by atoms with van der Waals surface area (Å²) in [7, 11) is 0. The van der Waals surface area contributed by atoms with E-state index in [1.807, 2.05) is 12.1 Å². The number of hydrogen-bond acceptors (Lipinski definition) is 4. The van der Waals surface area contributed by atoms with Gasteiger partial charge in [0.2, 0.25) is 0 Å². The predicted octanol–water partition coefficient (Wildman–Crippen LogP) is 2.78. The Hall–Kier alpha value is -1.40. The SMILES string of the molecule is NC(=NCC1(N2CCSCC2)CCCC1)NC1CCOc2ccccc21. The lowest BCUT2D eigenvalue weighted by atomic mass is 9.95. The van der Waals surface area contributed by atoms with E-state index < -0.39 is 0 Å². The quantitative estimate of drug-likeness (QED) is 0.627. The second-order valence-corrected chi connectivity index (χ2v) is 8.83. The molecule has 2 fully saturated rings. The first-order valence-electron chi connectivity index (χ1n) is 9.88. The fraction of sp³-hybridized carbons (Fsp3) is 0.650. The fourth-order valence-corrected chi connectivity index (χ4v) is 5.50. The van der Waals surface area contributed by atoms with Crippen LogP contribution in [0.2, 0.25) is 0 Å². The molecular formula is C20H30N4OS. The lowest BCUT2D eigenvalue weighted by molar-refractivity contribution is 0.112. The van der Waals surface area contributed by atoms with Gasteiger partial charge in [-0.1, -0.05) is 31.0 Å². The third kappa shape index (κ3) is 3.81. The highest BCUT2D eigenvalue weighted by Gasteiger charge is 2.39. The number of ether oxygens (including phenoxy) is 1. The Labute approximate surface area is 160 Å². The van der Waals surface area contributed by atoms with Gasteiger partial charge < -0.3 is 15.8 Å². The number of para-hydroxylation sites is 1. The Kier molecular flexibility index (Phi) is 5.60. The van der Waals surface area contributed by atoms with Crippen LogP contribution in [0.5, 0.6) is 5.75 Å². The number of aliphatic imine (C=N–C) groups is 1. The van der Waals surface area contributed by atoms with Gasteiger partial charge in [-0.05, 0) is 18.9 Å². The smallest absolute Gasteiger partial charge is 0.189 e. The zero-order valence-corrected chi connectivity index (χ0v) is 16.3. The molecule has 1 saturated heterocycles. The van der Waals surface area contributed by atoms with Crippen LogP contribution in [0.15, 0.2) is 29.3 Å². The van der Waals surface area contributed by atoms with Crippen molar-refractivity contribution in [2.75, 3.05) is 37.7 Å². The number of nitrogens with zero attached hydrogens (tertiary/aromatic N) is 2. The second kappa shape index (κ2) is 8.09. The van der Waals surface area contributed by atoms with Crippen molar-refractivity contribution in [2.45, 2.75) is 43.7 Å². The molecule has 0 bridgehead atoms. The fourth-order valence-electron chi connectivity index (χ4n) is 4.59. The molecule has 1 aromatic carbocycles. The van der Waals surface area contributed by atoms with E-state index in [9.17, 15) is 0 Å². The summed E-state index contributed by atoms with van der Waals surface area (Å²) in [5.41, 5.74) is 7.72. The van der Waals surface area contributed by atoms with Gasteiger partial charge in [0.05, 0.1) is 19.2 Å². The van der Waals surface area contributed by atoms with Gasteiger partial charge in [0.1, 0.15) is 5.75 Å². The van der Waals surface area contributed by atoms with Crippen LogP contribution in [0, 0.1) is 0 Å². The Morgan fingerprint density at radius 2 is 2.04 bits per heavy atom. The molecule has 2 aliphatic heterocycles. The van der Waals surface area contributed by atoms with Gasteiger partial charge in [0, 0.05) is 42.1 Å². The molecule has 0 amide bonds. The summed E-state index contributed by atoms with van der Waals surface area (Å²) in [5, 5.41) is 3.44. The Bertz CT molecular complexity index is 638. The van der Waals surface area contributed by atoms with Crippen molar-refractivity contribution >= 4 is 17.7 Å². The molecule has 0 aromatic heterocycles. The van der Waals surface area contributed by atoms with Gasteiger partial charge in [-0.15, -0.1) is 0 Å². The Balaban J connectivity index is 1.43. The monoisotopic (exact) mass is 374 g/mol. The zero-order valence-electron chi connectivity index (χ0n) is 15.5. The van der Waals surface area contributed by atoms with Crippen LogP contribution in [-0.4, -0.2) is 54.1 Å². The van der Waals surface area contributed by atoms with E-state index in [2.05, 4.69) is 34.1 Å². The van der Waals surface area contributed by atoms with E-state index in [1.165, 1.54) is 55.8 Å². The van der Waals surface area contributed by atoms with Crippen LogP contribution in [0.1, 0.15) is 43.7 Å². The standard InChI is InChI=1S/C20H30N4OS/c21-19(23-17-7-12-25-18-6-2-1-5-16(17)18)22-15-20(8-3-4-9-20)24-10-13-26-14-11-24/h1-2,5-6,17H,3-4,7-15H2,(H3,21,22,23). The molecule has 26 heavy (non-hydrogen) atoms. The largest absolute Gasteiger partial charge is 0.493 e. The first kappa shape index (κ1) is 18.0. The summed E-state index contributed by atoms with van der Waals surface area (Å²) < 4.78 is 5.74. The molecule has 2 heterocycles. The number of hydrogen-bond donors (Lipinski definition) is 2. The van der Waals surface area contributed by atoms with E-state index in [4.69, 9.17) is 15.5 Å². The highest BCUT2D eigenvalue weighted by molar-refractivity contribution is 7.99. The molecule has 0 radical (unpaired) electrons. The van der Waals surface area contributed by atoms with Gasteiger partial charge in [-0.3, -0.25) is 9.89 Å². The van der Waals surface area contributed by atoms with Crippen molar-refractivity contribution < 1.29 is 4.74 Å². The van der Waals surface area contributed by atoms with Crippen LogP contribution >= 0.6 is 11.8 Å². The van der Waals surface area contributed by atoms with Crippen molar-refractivity contribution in [2.24, 2.45) is 10.7 Å². The van der Waals surface area contributed by atoms with Gasteiger partial charge in [-0.25, -0.2) is 0 Å². The van der Waals surface area contributed by atoms with Gasteiger partial charge >= 0.3 is 0 Å². The lowest BCUT2D eigenvalue weighted by Gasteiger charge is -2.42. The van der Waals surface area contributed by atoms with Crippen LogP contribution in [0.3, 0.4) is 0 Å². The molecule has 3 N–H and O–H groups in total.